The van der Waals surface area contributed by atoms with Crippen LogP contribution in [0.1, 0.15) is 54.1 Å². The van der Waals surface area contributed by atoms with Crippen LogP contribution in [0.3, 0.4) is 0 Å². The molecule has 2 aromatic carbocycles. The topological polar surface area (TPSA) is 34.1 Å². The van der Waals surface area contributed by atoms with Gasteiger partial charge in [0.25, 0.3) is 0 Å². The summed E-state index contributed by atoms with van der Waals surface area (Å²) < 4.78 is 0.580. The molecular weight excluding hydrogens is 365 g/mol. The van der Waals surface area contributed by atoms with Gasteiger partial charge in [-0.05, 0) is 63.8 Å². The highest BCUT2D eigenvalue weighted by Gasteiger charge is 2.36. The number of carbonyl (C=O) groups excluding carboxylic acids is 2. The summed E-state index contributed by atoms with van der Waals surface area (Å²) in [5.74, 6) is 0. The van der Waals surface area contributed by atoms with Gasteiger partial charge >= 0.3 is 0 Å². The van der Waals surface area contributed by atoms with Gasteiger partial charge in [0.05, 0.1) is 21.1 Å². The van der Waals surface area contributed by atoms with Gasteiger partial charge in [-0.3, -0.25) is 9.59 Å². The van der Waals surface area contributed by atoms with E-state index in [1.807, 2.05) is 87.0 Å². The molecule has 0 amide bonds. The normalized spacial score (nSPS) is 11.8. The van der Waals surface area contributed by atoms with Gasteiger partial charge in [-0.15, -0.1) is 0 Å². The van der Waals surface area contributed by atoms with Crippen molar-refractivity contribution in [1.82, 2.24) is 0 Å². The fourth-order valence-electron chi connectivity index (χ4n) is 3.95. The van der Waals surface area contributed by atoms with Crippen molar-refractivity contribution in [3.8, 4) is 0 Å². The summed E-state index contributed by atoms with van der Waals surface area (Å²) >= 11 is 0. The second kappa shape index (κ2) is 8.27. The summed E-state index contributed by atoms with van der Waals surface area (Å²) in [5.41, 5.74) is 7.57. The Morgan fingerprint density at radius 3 is 1.21 bits per heavy atom. The molecule has 0 spiro atoms. The molecule has 4 heteroatoms. The Balaban J connectivity index is 2.61. The molecule has 0 saturated heterocycles. The van der Waals surface area contributed by atoms with Gasteiger partial charge in [-0.25, -0.2) is 0 Å². The van der Waals surface area contributed by atoms with Crippen LogP contribution in [0.2, 0.25) is 0 Å². The molecule has 0 aliphatic rings. The van der Waals surface area contributed by atoms with E-state index in [1.54, 1.807) is 0 Å². The molecule has 0 atom stereocenters. The lowest BCUT2D eigenvalue weighted by molar-refractivity contribution is -0.857. The predicted molar refractivity (Wildman–Crippen MR) is 120 cm³/mol. The highest BCUT2D eigenvalue weighted by molar-refractivity contribution is 7.90. The molecule has 2 aromatic rings. The maximum absolute atomic E-state index is 13.7. The molecule has 0 heterocycles. The Kier molecular flexibility index (Phi) is 6.63. The average molecular weight is 399 g/mol. The van der Waals surface area contributed by atoms with Crippen LogP contribution in [0.4, 0.5) is 0 Å². The SMILES string of the molecule is Cc1cc(C)c(C(=O)P(C[N+](C)(C)C)C(=O)c2c(C)cc(C)cc2C)c(C)c1. The van der Waals surface area contributed by atoms with E-state index < -0.39 is 7.92 Å². The lowest BCUT2D eigenvalue weighted by atomic mass is 10.0. The molecule has 0 fully saturated rings. The predicted octanol–water partition coefficient (Wildman–Crippen LogP) is 5.66. The van der Waals surface area contributed by atoms with Crippen molar-refractivity contribution in [3.63, 3.8) is 0 Å². The van der Waals surface area contributed by atoms with E-state index in [2.05, 4.69) is 0 Å². The van der Waals surface area contributed by atoms with Crippen LogP contribution in [0, 0.1) is 41.5 Å². The number of aryl methyl sites for hydroxylation is 6. The lowest BCUT2D eigenvalue weighted by Gasteiger charge is -2.29. The van der Waals surface area contributed by atoms with Crippen molar-refractivity contribution in [2.45, 2.75) is 41.5 Å². The van der Waals surface area contributed by atoms with E-state index in [-0.39, 0.29) is 11.0 Å². The second-order valence-electron chi connectivity index (χ2n) is 9.02. The molecule has 0 radical (unpaired) electrons. The Morgan fingerprint density at radius 1 is 0.679 bits per heavy atom. The number of benzene rings is 2. The fraction of sp³-hybridized carbons (Fsp3) is 0.417. The van der Waals surface area contributed by atoms with E-state index >= 15 is 0 Å². The summed E-state index contributed by atoms with van der Waals surface area (Å²) in [7, 11) is 4.61. The summed E-state index contributed by atoms with van der Waals surface area (Å²) in [6.45, 7) is 12.0. The molecule has 2 rings (SSSR count). The monoisotopic (exact) mass is 398 g/mol. The molecule has 0 bridgehead atoms. The van der Waals surface area contributed by atoms with Gasteiger partial charge in [0, 0.05) is 11.1 Å². The number of quaternary nitrogens is 1. The quantitative estimate of drug-likeness (QED) is 0.464. The maximum atomic E-state index is 13.7. The highest BCUT2D eigenvalue weighted by atomic mass is 31.1. The van der Waals surface area contributed by atoms with Crippen molar-refractivity contribution >= 4 is 19.0 Å². The highest BCUT2D eigenvalue weighted by Crippen LogP contribution is 2.46. The van der Waals surface area contributed by atoms with E-state index in [4.69, 9.17) is 0 Å². The second-order valence-corrected chi connectivity index (χ2v) is 11.0. The molecule has 0 aromatic heterocycles. The van der Waals surface area contributed by atoms with Crippen LogP contribution in [0.25, 0.3) is 0 Å². The van der Waals surface area contributed by atoms with Crippen LogP contribution in [0.5, 0.6) is 0 Å². The minimum atomic E-state index is -1.51. The van der Waals surface area contributed by atoms with Crippen molar-refractivity contribution in [3.05, 3.63) is 68.8 Å². The van der Waals surface area contributed by atoms with Gasteiger partial charge in [0.15, 0.2) is 11.0 Å². The first kappa shape index (κ1) is 22.5. The van der Waals surface area contributed by atoms with Crippen LogP contribution >= 0.6 is 7.92 Å². The van der Waals surface area contributed by atoms with Crippen molar-refractivity contribution < 1.29 is 14.1 Å². The van der Waals surface area contributed by atoms with E-state index in [1.165, 1.54) is 0 Å². The average Bonchev–Trinajstić information content (AvgIpc) is 2.49. The van der Waals surface area contributed by atoms with Crippen molar-refractivity contribution in [2.24, 2.45) is 0 Å². The summed E-state index contributed by atoms with van der Waals surface area (Å²) in [5, 5.41) is 0. The Labute approximate surface area is 171 Å². The third kappa shape index (κ3) is 4.96. The summed E-state index contributed by atoms with van der Waals surface area (Å²) in [6, 6.07) is 8.14. The third-order valence-corrected chi connectivity index (χ3v) is 7.40. The molecule has 0 N–H and O–H groups in total. The van der Waals surface area contributed by atoms with Crippen LogP contribution in [-0.4, -0.2) is 43.0 Å². The van der Waals surface area contributed by atoms with E-state index in [0.29, 0.717) is 10.8 Å². The molecule has 150 valence electrons. The zero-order chi connectivity index (χ0) is 21.4. The van der Waals surface area contributed by atoms with E-state index in [0.717, 1.165) is 44.5 Å². The zero-order valence-corrected chi connectivity index (χ0v) is 19.6. The third-order valence-electron chi connectivity index (χ3n) is 4.84. The molecule has 0 aliphatic carbocycles. The summed E-state index contributed by atoms with van der Waals surface area (Å²) in [4.78, 5) is 27.4. The first-order valence-corrected chi connectivity index (χ1v) is 11.2. The Morgan fingerprint density at radius 2 is 0.964 bits per heavy atom. The number of hydrogen-bond acceptors (Lipinski definition) is 2. The Hall–Kier alpha value is -1.83. The van der Waals surface area contributed by atoms with Crippen molar-refractivity contribution in [1.29, 1.82) is 0 Å². The molecule has 0 aliphatic heterocycles. The minimum absolute atomic E-state index is 0.00225. The standard InChI is InChI=1S/C24H33NO2P/c1-15-10-17(3)21(18(4)11-15)23(26)28(14-25(7,8)9)24(27)22-19(5)12-16(2)13-20(22)6/h10-13H,14H2,1-9H3/q+1. The van der Waals surface area contributed by atoms with Gasteiger partial charge in [-0.1, -0.05) is 35.4 Å². The lowest BCUT2D eigenvalue weighted by Crippen LogP contribution is -2.36. The largest absolute Gasteiger partial charge is 0.327 e. The number of hydrogen-bond donors (Lipinski definition) is 0. The molecular formula is C24H33NO2P+. The van der Waals surface area contributed by atoms with Gasteiger partial charge in [-0.2, -0.15) is 0 Å². The first-order chi connectivity index (χ1) is 12.8. The van der Waals surface area contributed by atoms with Crippen molar-refractivity contribution in [2.75, 3.05) is 27.4 Å². The molecule has 0 saturated carbocycles. The number of rotatable bonds is 6. The number of nitrogens with zero attached hydrogens (tertiary/aromatic N) is 1. The van der Waals surface area contributed by atoms with Crippen LogP contribution in [0.15, 0.2) is 24.3 Å². The van der Waals surface area contributed by atoms with Gasteiger partial charge < -0.3 is 4.48 Å². The van der Waals surface area contributed by atoms with Gasteiger partial charge in [0.2, 0.25) is 0 Å². The van der Waals surface area contributed by atoms with Gasteiger partial charge in [0.1, 0.15) is 14.2 Å². The first-order valence-electron chi connectivity index (χ1n) is 9.64. The maximum Gasteiger partial charge on any atom is 0.198 e. The Bertz CT molecular complexity index is 823. The zero-order valence-electron chi connectivity index (χ0n) is 18.7. The summed E-state index contributed by atoms with van der Waals surface area (Å²) in [6.07, 6.45) is 0.534. The molecule has 28 heavy (non-hydrogen) atoms. The minimum Gasteiger partial charge on any atom is -0.327 e. The molecule has 0 unspecified atom stereocenters. The fourth-order valence-corrected chi connectivity index (χ4v) is 6.48. The van der Waals surface area contributed by atoms with Crippen LogP contribution in [-0.2, 0) is 0 Å². The molecule has 3 nitrogen and oxygen atoms in total. The number of carbonyl (C=O) groups is 2. The smallest absolute Gasteiger partial charge is 0.198 e. The van der Waals surface area contributed by atoms with Crippen LogP contribution < -0.4 is 0 Å². The van der Waals surface area contributed by atoms with E-state index in [9.17, 15) is 9.59 Å².